The molecule has 19 heavy (non-hydrogen) atoms. The molecule has 3 rings (SSSR count). The lowest BCUT2D eigenvalue weighted by atomic mass is 9.97. The molecule has 3 fully saturated rings. The van der Waals surface area contributed by atoms with Gasteiger partial charge in [0.25, 0.3) is 0 Å². The van der Waals surface area contributed by atoms with Gasteiger partial charge in [0.1, 0.15) is 0 Å². The molecule has 0 spiro atoms. The van der Waals surface area contributed by atoms with E-state index in [-0.39, 0.29) is 0 Å². The highest BCUT2D eigenvalue weighted by molar-refractivity contribution is 4.82. The van der Waals surface area contributed by atoms with E-state index >= 15 is 0 Å². The van der Waals surface area contributed by atoms with Crippen molar-refractivity contribution in [1.29, 1.82) is 0 Å². The summed E-state index contributed by atoms with van der Waals surface area (Å²) < 4.78 is 0. The molecule has 3 aliphatic heterocycles. The zero-order valence-electron chi connectivity index (χ0n) is 12.2. The Morgan fingerprint density at radius 1 is 0.895 bits per heavy atom. The van der Waals surface area contributed by atoms with E-state index in [0.29, 0.717) is 0 Å². The van der Waals surface area contributed by atoms with Crippen molar-refractivity contribution in [2.45, 2.75) is 31.7 Å². The zero-order valence-corrected chi connectivity index (χ0v) is 12.2. The average Bonchev–Trinajstić information content (AvgIpc) is 2.43. The van der Waals surface area contributed by atoms with Gasteiger partial charge in [0, 0.05) is 32.2 Å². The summed E-state index contributed by atoms with van der Waals surface area (Å²) in [5.41, 5.74) is 0. The van der Waals surface area contributed by atoms with Gasteiger partial charge in [0.2, 0.25) is 0 Å². The molecule has 2 N–H and O–H groups in total. The van der Waals surface area contributed by atoms with Crippen LogP contribution in [-0.4, -0.2) is 74.7 Å². The van der Waals surface area contributed by atoms with Gasteiger partial charge in [-0.15, -0.1) is 0 Å². The van der Waals surface area contributed by atoms with Crippen molar-refractivity contribution in [3.8, 4) is 0 Å². The smallest absolute Gasteiger partial charge is 0.0120 e. The second-order valence-electron chi connectivity index (χ2n) is 6.53. The van der Waals surface area contributed by atoms with E-state index in [4.69, 9.17) is 0 Å². The van der Waals surface area contributed by atoms with Crippen LogP contribution in [-0.2, 0) is 0 Å². The summed E-state index contributed by atoms with van der Waals surface area (Å²) >= 11 is 0. The number of piperazine rings is 1. The predicted octanol–water partition coefficient (Wildman–Crippen LogP) is 0.356. The predicted molar refractivity (Wildman–Crippen MR) is 79.5 cm³/mol. The quantitative estimate of drug-likeness (QED) is 0.752. The minimum Gasteiger partial charge on any atom is -0.317 e. The first kappa shape index (κ1) is 13.8. The van der Waals surface area contributed by atoms with Crippen molar-refractivity contribution < 1.29 is 0 Å². The van der Waals surface area contributed by atoms with Crippen LogP contribution in [0.5, 0.6) is 0 Å². The van der Waals surface area contributed by atoms with Gasteiger partial charge >= 0.3 is 0 Å². The van der Waals surface area contributed by atoms with Crippen molar-refractivity contribution in [3.05, 3.63) is 0 Å². The second kappa shape index (κ2) is 7.02. The van der Waals surface area contributed by atoms with E-state index in [1.165, 1.54) is 84.6 Å². The molecule has 3 saturated heterocycles. The number of nitrogens with zero attached hydrogens (tertiary/aromatic N) is 2. The van der Waals surface area contributed by atoms with E-state index in [0.717, 1.165) is 12.0 Å². The van der Waals surface area contributed by atoms with E-state index in [1.807, 2.05) is 0 Å². The maximum atomic E-state index is 3.47. The number of hydrogen-bond donors (Lipinski definition) is 2. The highest BCUT2D eigenvalue weighted by atomic mass is 15.3. The van der Waals surface area contributed by atoms with Gasteiger partial charge in [-0.25, -0.2) is 0 Å². The monoisotopic (exact) mass is 266 g/mol. The van der Waals surface area contributed by atoms with Crippen molar-refractivity contribution in [2.24, 2.45) is 5.92 Å². The summed E-state index contributed by atoms with van der Waals surface area (Å²) in [4.78, 5) is 5.43. The summed E-state index contributed by atoms with van der Waals surface area (Å²) in [6.45, 7) is 11.5. The molecule has 3 aliphatic rings. The standard InChI is InChI=1S/C15H30N4/c1(2-14-12-17-13-14)7-18-8-10-19(11-9-18)15-3-5-16-6-4-15/h14-17H,1-13H2. The molecule has 3 heterocycles. The Balaban J connectivity index is 1.30. The molecule has 0 aliphatic carbocycles. The minimum atomic E-state index is 0.865. The van der Waals surface area contributed by atoms with E-state index in [9.17, 15) is 0 Å². The summed E-state index contributed by atoms with van der Waals surface area (Å²) in [5.74, 6) is 0.982. The van der Waals surface area contributed by atoms with Crippen LogP contribution in [0.4, 0.5) is 0 Å². The molecule has 0 unspecified atom stereocenters. The third kappa shape index (κ3) is 3.91. The van der Waals surface area contributed by atoms with Crippen LogP contribution in [0.1, 0.15) is 25.7 Å². The Labute approximate surface area is 117 Å². The average molecular weight is 266 g/mol. The molecule has 110 valence electrons. The fourth-order valence-corrected chi connectivity index (χ4v) is 3.68. The lowest BCUT2D eigenvalue weighted by Gasteiger charge is -2.41. The molecule has 0 aromatic rings. The number of rotatable bonds is 5. The normalized spacial score (nSPS) is 28.4. The van der Waals surface area contributed by atoms with Crippen LogP contribution < -0.4 is 10.6 Å². The highest BCUT2D eigenvalue weighted by Gasteiger charge is 2.25. The molecule has 0 amide bonds. The number of hydrogen-bond acceptors (Lipinski definition) is 4. The van der Waals surface area contributed by atoms with E-state index < -0.39 is 0 Å². The van der Waals surface area contributed by atoms with Gasteiger partial charge in [-0.1, -0.05) is 0 Å². The Bertz CT molecular complexity index is 253. The van der Waals surface area contributed by atoms with E-state index in [1.54, 1.807) is 0 Å². The largest absolute Gasteiger partial charge is 0.317 e. The molecule has 0 radical (unpaired) electrons. The van der Waals surface area contributed by atoms with Gasteiger partial charge in [-0.2, -0.15) is 0 Å². The Morgan fingerprint density at radius 3 is 2.26 bits per heavy atom. The van der Waals surface area contributed by atoms with Crippen molar-refractivity contribution in [1.82, 2.24) is 20.4 Å². The maximum Gasteiger partial charge on any atom is 0.0120 e. The molecule has 0 saturated carbocycles. The van der Waals surface area contributed by atoms with Crippen LogP contribution in [0.25, 0.3) is 0 Å². The first-order chi connectivity index (χ1) is 9.42. The molecule has 0 atom stereocenters. The molecular formula is C15H30N4. The van der Waals surface area contributed by atoms with Gasteiger partial charge in [0.05, 0.1) is 0 Å². The Kier molecular flexibility index (Phi) is 5.10. The van der Waals surface area contributed by atoms with Crippen molar-refractivity contribution in [3.63, 3.8) is 0 Å². The van der Waals surface area contributed by atoms with Gasteiger partial charge < -0.3 is 15.5 Å². The number of piperidine rings is 1. The molecule has 0 aromatic heterocycles. The lowest BCUT2D eigenvalue weighted by molar-refractivity contribution is 0.0800. The van der Waals surface area contributed by atoms with E-state index in [2.05, 4.69) is 20.4 Å². The molecule has 4 heteroatoms. The molecule has 4 nitrogen and oxygen atoms in total. The summed E-state index contributed by atoms with van der Waals surface area (Å²) in [6, 6.07) is 0.865. The SMILES string of the molecule is C(CC1CNC1)CN1CCN(C2CCNCC2)CC1. The van der Waals surface area contributed by atoms with Gasteiger partial charge in [0.15, 0.2) is 0 Å². The lowest BCUT2D eigenvalue weighted by Crippen LogP contribution is -2.52. The van der Waals surface area contributed by atoms with Crippen LogP contribution in [0.3, 0.4) is 0 Å². The zero-order chi connectivity index (χ0) is 12.9. The number of nitrogens with one attached hydrogen (secondary N) is 2. The van der Waals surface area contributed by atoms with Gasteiger partial charge in [-0.3, -0.25) is 4.90 Å². The highest BCUT2D eigenvalue weighted by Crippen LogP contribution is 2.16. The molecular weight excluding hydrogens is 236 g/mol. The van der Waals surface area contributed by atoms with Crippen LogP contribution >= 0.6 is 0 Å². The topological polar surface area (TPSA) is 30.5 Å². The Hall–Kier alpha value is -0.160. The third-order valence-corrected chi connectivity index (χ3v) is 5.18. The third-order valence-electron chi connectivity index (χ3n) is 5.18. The summed E-state index contributed by atoms with van der Waals surface area (Å²) in [5, 5.41) is 6.84. The van der Waals surface area contributed by atoms with Crippen LogP contribution in [0.15, 0.2) is 0 Å². The first-order valence-electron chi connectivity index (χ1n) is 8.29. The first-order valence-corrected chi connectivity index (χ1v) is 8.29. The van der Waals surface area contributed by atoms with Crippen molar-refractivity contribution in [2.75, 3.05) is 58.9 Å². The van der Waals surface area contributed by atoms with Gasteiger partial charge in [-0.05, 0) is 64.3 Å². The minimum absolute atomic E-state index is 0.865. The van der Waals surface area contributed by atoms with Crippen LogP contribution in [0, 0.1) is 5.92 Å². The second-order valence-corrected chi connectivity index (χ2v) is 6.53. The fraction of sp³-hybridized carbons (Fsp3) is 1.00. The summed E-state index contributed by atoms with van der Waals surface area (Å²) in [7, 11) is 0. The molecule has 0 bridgehead atoms. The molecule has 0 aromatic carbocycles. The maximum absolute atomic E-state index is 3.47. The fourth-order valence-electron chi connectivity index (χ4n) is 3.68. The summed E-state index contributed by atoms with van der Waals surface area (Å²) in [6.07, 6.45) is 5.55. The van der Waals surface area contributed by atoms with Crippen LogP contribution in [0.2, 0.25) is 0 Å². The van der Waals surface area contributed by atoms with Crippen molar-refractivity contribution >= 4 is 0 Å². The Morgan fingerprint density at radius 2 is 1.63 bits per heavy atom.